The van der Waals surface area contributed by atoms with Gasteiger partial charge >= 0.3 is 18.0 Å². The second-order valence-electron chi connectivity index (χ2n) is 9.71. The quantitative estimate of drug-likeness (QED) is 0.266. The SMILES string of the molecule is CCOC(=O)C(F)(F)C(O)C(NC(=O)Cn1c(-c2ccc(F)cc2)ncc(NC(=O)OCc2ccccc2)c1=O)C(C)C. The number of esters is 1. The number of aromatic nitrogens is 2. The van der Waals surface area contributed by atoms with Crippen molar-refractivity contribution in [1.29, 1.82) is 0 Å². The first-order valence-electron chi connectivity index (χ1n) is 13.2. The molecule has 43 heavy (non-hydrogen) atoms. The average molecular weight is 605 g/mol. The number of nitrogens with zero attached hydrogens (tertiary/aromatic N) is 2. The molecule has 3 aromatic rings. The van der Waals surface area contributed by atoms with Gasteiger partial charge in [-0.05, 0) is 42.7 Å². The van der Waals surface area contributed by atoms with Crippen LogP contribution >= 0.6 is 0 Å². The maximum atomic E-state index is 14.6. The van der Waals surface area contributed by atoms with Crippen LogP contribution in [0.2, 0.25) is 0 Å². The molecule has 2 unspecified atom stereocenters. The molecular weight excluding hydrogens is 573 g/mol. The molecule has 0 fully saturated rings. The van der Waals surface area contributed by atoms with Gasteiger partial charge in [0.1, 0.15) is 36.6 Å². The summed E-state index contributed by atoms with van der Waals surface area (Å²) in [5, 5.41) is 14.9. The Kier molecular flexibility index (Phi) is 11.0. The molecule has 3 rings (SSSR count). The highest BCUT2D eigenvalue weighted by molar-refractivity contribution is 5.84. The van der Waals surface area contributed by atoms with E-state index in [2.05, 4.69) is 20.4 Å². The highest BCUT2D eigenvalue weighted by Crippen LogP contribution is 2.26. The number of anilines is 1. The molecule has 0 spiro atoms. The molecule has 1 heterocycles. The van der Waals surface area contributed by atoms with E-state index in [0.717, 1.165) is 22.9 Å². The number of ether oxygens (including phenoxy) is 2. The van der Waals surface area contributed by atoms with Crippen LogP contribution in [-0.4, -0.2) is 57.3 Å². The van der Waals surface area contributed by atoms with Crippen LogP contribution in [0, 0.1) is 11.7 Å². The molecule has 0 aliphatic carbocycles. The van der Waals surface area contributed by atoms with Crippen molar-refractivity contribution >= 4 is 23.7 Å². The van der Waals surface area contributed by atoms with Crippen molar-refractivity contribution in [2.45, 2.75) is 52.0 Å². The van der Waals surface area contributed by atoms with E-state index in [4.69, 9.17) is 4.74 Å². The number of carbonyl (C=O) groups is 3. The largest absolute Gasteiger partial charge is 0.461 e. The highest BCUT2D eigenvalue weighted by Gasteiger charge is 2.52. The minimum absolute atomic E-state index is 0.0975. The number of nitrogens with one attached hydrogen (secondary N) is 2. The predicted octanol–water partition coefficient (Wildman–Crippen LogP) is 3.50. The van der Waals surface area contributed by atoms with Crippen LogP contribution in [0.4, 0.5) is 23.7 Å². The highest BCUT2D eigenvalue weighted by atomic mass is 19.3. The van der Waals surface area contributed by atoms with Crippen molar-refractivity contribution in [2.75, 3.05) is 11.9 Å². The van der Waals surface area contributed by atoms with Gasteiger partial charge in [-0.25, -0.2) is 19.0 Å². The van der Waals surface area contributed by atoms with Crippen LogP contribution in [-0.2, 0) is 32.2 Å². The van der Waals surface area contributed by atoms with Crippen molar-refractivity contribution in [3.63, 3.8) is 0 Å². The first kappa shape index (κ1) is 32.8. The summed E-state index contributed by atoms with van der Waals surface area (Å²) in [5.41, 5.74) is -0.378. The third-order valence-electron chi connectivity index (χ3n) is 6.21. The Morgan fingerprint density at radius 1 is 1.05 bits per heavy atom. The van der Waals surface area contributed by atoms with E-state index < -0.39 is 59.9 Å². The molecule has 2 atom stereocenters. The Bertz CT molecular complexity index is 1480. The van der Waals surface area contributed by atoms with Crippen molar-refractivity contribution in [1.82, 2.24) is 14.9 Å². The molecule has 0 aliphatic rings. The second kappa shape index (κ2) is 14.4. The second-order valence-corrected chi connectivity index (χ2v) is 9.71. The number of amides is 2. The van der Waals surface area contributed by atoms with E-state index >= 15 is 0 Å². The molecule has 230 valence electrons. The summed E-state index contributed by atoms with van der Waals surface area (Å²) in [4.78, 5) is 54.8. The first-order chi connectivity index (χ1) is 20.3. The smallest absolute Gasteiger partial charge is 0.412 e. The van der Waals surface area contributed by atoms with E-state index in [-0.39, 0.29) is 30.3 Å². The van der Waals surface area contributed by atoms with E-state index in [0.29, 0.717) is 5.56 Å². The normalized spacial score (nSPS) is 12.7. The number of alkyl halides is 2. The molecule has 0 bridgehead atoms. The van der Waals surface area contributed by atoms with Gasteiger partial charge in [0, 0.05) is 5.56 Å². The summed E-state index contributed by atoms with van der Waals surface area (Å²) in [5.74, 6) is -8.79. The number of benzene rings is 2. The van der Waals surface area contributed by atoms with E-state index in [1.807, 2.05) is 0 Å². The summed E-state index contributed by atoms with van der Waals surface area (Å²) in [6, 6.07) is 11.9. The van der Waals surface area contributed by atoms with Crippen LogP contribution in [0.15, 0.2) is 65.6 Å². The van der Waals surface area contributed by atoms with Crippen molar-refractivity contribution < 1.29 is 42.1 Å². The molecule has 0 radical (unpaired) electrons. The zero-order valence-corrected chi connectivity index (χ0v) is 23.6. The molecule has 3 N–H and O–H groups in total. The van der Waals surface area contributed by atoms with Crippen LogP contribution in [0.3, 0.4) is 0 Å². The summed E-state index contributed by atoms with van der Waals surface area (Å²) in [6.45, 7) is 2.91. The van der Waals surface area contributed by atoms with Gasteiger partial charge in [-0.15, -0.1) is 0 Å². The fourth-order valence-corrected chi connectivity index (χ4v) is 3.98. The number of hydrogen-bond acceptors (Lipinski definition) is 8. The van der Waals surface area contributed by atoms with E-state index in [1.54, 1.807) is 30.3 Å². The number of carbonyl (C=O) groups excluding carboxylic acids is 3. The lowest BCUT2D eigenvalue weighted by Gasteiger charge is -2.31. The predicted molar refractivity (Wildman–Crippen MR) is 148 cm³/mol. The summed E-state index contributed by atoms with van der Waals surface area (Å²) in [7, 11) is 0. The first-order valence-corrected chi connectivity index (χ1v) is 13.2. The third kappa shape index (κ3) is 8.41. The molecule has 1 aromatic heterocycles. The van der Waals surface area contributed by atoms with E-state index in [9.17, 15) is 37.5 Å². The average Bonchev–Trinajstić information content (AvgIpc) is 2.97. The van der Waals surface area contributed by atoms with Crippen LogP contribution in [0.5, 0.6) is 0 Å². The topological polar surface area (TPSA) is 149 Å². The number of aliphatic hydroxyl groups is 1. The summed E-state index contributed by atoms with van der Waals surface area (Å²) in [6.07, 6.45) is -2.62. The van der Waals surface area contributed by atoms with Crippen LogP contribution in [0.1, 0.15) is 26.3 Å². The summed E-state index contributed by atoms with van der Waals surface area (Å²) < 4.78 is 53.0. The maximum Gasteiger partial charge on any atom is 0.412 e. The molecule has 2 amide bonds. The number of halogens is 3. The Hall–Kier alpha value is -4.72. The zero-order chi connectivity index (χ0) is 31.7. The Balaban J connectivity index is 1.89. The minimum atomic E-state index is -4.35. The molecule has 0 saturated carbocycles. The lowest BCUT2D eigenvalue weighted by atomic mass is 9.94. The fourth-order valence-electron chi connectivity index (χ4n) is 3.98. The van der Waals surface area contributed by atoms with Gasteiger partial charge in [-0.2, -0.15) is 8.78 Å². The summed E-state index contributed by atoms with van der Waals surface area (Å²) >= 11 is 0. The van der Waals surface area contributed by atoms with Gasteiger partial charge in [0.05, 0.1) is 18.8 Å². The molecular formula is C29H31F3N4O7. The molecule has 0 saturated heterocycles. The van der Waals surface area contributed by atoms with Gasteiger partial charge in [-0.1, -0.05) is 44.2 Å². The zero-order valence-electron chi connectivity index (χ0n) is 23.6. The van der Waals surface area contributed by atoms with Gasteiger partial charge < -0.3 is 19.9 Å². The molecule has 2 aromatic carbocycles. The van der Waals surface area contributed by atoms with Crippen LogP contribution < -0.4 is 16.2 Å². The Labute approximate surface area is 244 Å². The third-order valence-corrected chi connectivity index (χ3v) is 6.21. The van der Waals surface area contributed by atoms with Crippen molar-refractivity contribution in [3.05, 3.63) is 82.5 Å². The van der Waals surface area contributed by atoms with Gasteiger partial charge in [-0.3, -0.25) is 19.5 Å². The fraction of sp³-hybridized carbons (Fsp3) is 0.345. The maximum absolute atomic E-state index is 14.6. The monoisotopic (exact) mass is 604 g/mol. The van der Waals surface area contributed by atoms with Crippen molar-refractivity contribution in [2.24, 2.45) is 5.92 Å². The Morgan fingerprint density at radius 3 is 2.30 bits per heavy atom. The van der Waals surface area contributed by atoms with Crippen LogP contribution in [0.25, 0.3) is 11.4 Å². The molecule has 0 aliphatic heterocycles. The van der Waals surface area contributed by atoms with Gasteiger partial charge in [0.25, 0.3) is 5.56 Å². The standard InChI is InChI=1S/C29H31F3N4O7/c1-4-42-27(40)29(31,32)24(38)23(17(2)3)35-22(37)15-36-25(19-10-12-20(30)13-11-19)33-14-21(26(36)39)34-28(41)43-16-18-8-6-5-7-9-18/h5-14,17,23-24,38H,4,15-16H2,1-3H3,(H,34,41)(H,35,37). The number of hydrogen-bond donors (Lipinski definition) is 3. The Morgan fingerprint density at radius 2 is 1.70 bits per heavy atom. The molecule has 11 nitrogen and oxygen atoms in total. The van der Waals surface area contributed by atoms with Crippen molar-refractivity contribution in [3.8, 4) is 11.4 Å². The minimum Gasteiger partial charge on any atom is -0.461 e. The lowest BCUT2D eigenvalue weighted by molar-refractivity contribution is -0.192. The number of rotatable bonds is 12. The lowest BCUT2D eigenvalue weighted by Crippen LogP contribution is -2.57. The number of aliphatic hydroxyl groups excluding tert-OH is 1. The van der Waals surface area contributed by atoms with Gasteiger partial charge in [0.15, 0.2) is 0 Å². The molecule has 14 heteroatoms. The van der Waals surface area contributed by atoms with E-state index in [1.165, 1.54) is 32.9 Å². The van der Waals surface area contributed by atoms with Gasteiger partial charge in [0.2, 0.25) is 5.91 Å².